The monoisotopic (exact) mass is 1120 g/mol. The maximum absolute atomic E-state index is 14.3. The predicted molar refractivity (Wildman–Crippen MR) is 302 cm³/mol. The van der Waals surface area contributed by atoms with Gasteiger partial charge in [-0.1, -0.05) is 205 Å². The van der Waals surface area contributed by atoms with Gasteiger partial charge in [0.25, 0.3) is 0 Å². The lowest BCUT2D eigenvalue weighted by Gasteiger charge is -2.49. The summed E-state index contributed by atoms with van der Waals surface area (Å²) in [6.07, 6.45) is -10.7. The first-order valence-corrected chi connectivity index (χ1v) is 27.7. The molecule has 0 radical (unpaired) electrons. The molecule has 11 atom stereocenters. The summed E-state index contributed by atoms with van der Waals surface area (Å²) in [4.78, 5) is 32.7. The fourth-order valence-electron chi connectivity index (χ4n) is 9.38. The summed E-state index contributed by atoms with van der Waals surface area (Å²) in [5.41, 5.74) is 14.2. The molecule has 2 saturated heterocycles. The molecule has 2 heterocycles. The van der Waals surface area contributed by atoms with Gasteiger partial charge in [0, 0.05) is 9.81 Å². The molecular weight excluding hydrogens is 1050 g/mol. The molecule has 0 saturated carbocycles. The zero-order valence-corrected chi connectivity index (χ0v) is 45.6. The first-order chi connectivity index (χ1) is 39.9. The normalized spacial score (nSPS) is 22.9. The summed E-state index contributed by atoms with van der Waals surface area (Å²) in [6, 6.07) is 64.8. The van der Waals surface area contributed by atoms with E-state index in [1.54, 1.807) is 30.3 Å². The highest BCUT2D eigenvalue weighted by atomic mass is 32.2. The highest BCUT2D eigenvalue weighted by Crippen LogP contribution is 2.41. The smallest absolute Gasteiger partial charge is 0.338 e. The SMILES string of the molecule is COC(=O)[C@@H]1O[C@@H](Sc2ccccc2)[C@H](OC(=O)c2ccccc2)[C@@H](OCc2ccccc2)[C@@H]1O[C@H]1O[C@H](COCc2ccccc2)[C@@H](OC[C@H](COCc2ccccc2)OCc2ccccc2)[C@H](OCc2ccccc2)[C@H]1N=[N+]=[N-]. The van der Waals surface area contributed by atoms with Crippen LogP contribution in [-0.2, 0) is 89.9 Å². The highest BCUT2D eigenvalue weighted by molar-refractivity contribution is 7.99. The Morgan fingerprint density at radius 3 is 1.58 bits per heavy atom. The molecule has 2 aliphatic heterocycles. The van der Waals surface area contributed by atoms with E-state index < -0.39 is 78.5 Å². The van der Waals surface area contributed by atoms with Crippen LogP contribution < -0.4 is 0 Å². The van der Waals surface area contributed by atoms with Crippen molar-refractivity contribution in [1.82, 2.24) is 0 Å². The second kappa shape index (κ2) is 31.1. The van der Waals surface area contributed by atoms with Crippen LogP contribution >= 0.6 is 11.8 Å². The van der Waals surface area contributed by atoms with Crippen LogP contribution in [0.1, 0.15) is 38.2 Å². The Labute approximate surface area is 476 Å². The Hall–Kier alpha value is -7.22. The van der Waals surface area contributed by atoms with E-state index in [4.69, 9.17) is 52.1 Å². The van der Waals surface area contributed by atoms with E-state index in [1.807, 2.05) is 182 Å². The van der Waals surface area contributed by atoms with Gasteiger partial charge in [0.2, 0.25) is 0 Å². The lowest BCUT2D eigenvalue weighted by molar-refractivity contribution is -0.325. The van der Waals surface area contributed by atoms with Crippen molar-refractivity contribution in [3.63, 3.8) is 0 Å². The minimum atomic E-state index is -1.53. The van der Waals surface area contributed by atoms with Gasteiger partial charge in [-0.3, -0.25) is 0 Å². The Morgan fingerprint density at radius 2 is 1.04 bits per heavy atom. The van der Waals surface area contributed by atoms with Crippen molar-refractivity contribution in [2.75, 3.05) is 26.9 Å². The molecule has 81 heavy (non-hydrogen) atoms. The minimum Gasteiger partial charge on any atom is -0.467 e. The second-order valence-electron chi connectivity index (χ2n) is 19.2. The zero-order valence-electron chi connectivity index (χ0n) is 44.8. The van der Waals surface area contributed by atoms with Gasteiger partial charge in [0.15, 0.2) is 18.5 Å². The first-order valence-electron chi connectivity index (χ1n) is 26.8. The number of thioether (sulfide) groups is 1. The van der Waals surface area contributed by atoms with Gasteiger partial charge in [0.05, 0.1) is 65.5 Å². The summed E-state index contributed by atoms with van der Waals surface area (Å²) in [5.74, 6) is -1.48. The Kier molecular flexibility index (Phi) is 22.4. The number of nitrogens with zero attached hydrogens (tertiary/aromatic N) is 3. The van der Waals surface area contributed by atoms with E-state index in [9.17, 15) is 15.1 Å². The number of methoxy groups -OCH3 is 1. The molecule has 2 fully saturated rings. The van der Waals surface area contributed by atoms with Crippen LogP contribution in [0.25, 0.3) is 10.4 Å². The molecule has 0 bridgehead atoms. The van der Waals surface area contributed by atoms with Crippen molar-refractivity contribution in [3.8, 4) is 0 Å². The van der Waals surface area contributed by atoms with Crippen molar-refractivity contribution in [2.24, 2.45) is 5.11 Å². The largest absolute Gasteiger partial charge is 0.467 e. The van der Waals surface area contributed by atoms with E-state index in [1.165, 1.54) is 18.9 Å². The number of esters is 2. The summed E-state index contributed by atoms with van der Waals surface area (Å²) in [7, 11) is 1.24. The Balaban J connectivity index is 1.09. The number of carbonyl (C=O) groups is 2. The molecule has 2 aliphatic rings. The second-order valence-corrected chi connectivity index (χ2v) is 20.4. The molecule has 420 valence electrons. The van der Waals surface area contributed by atoms with Crippen molar-refractivity contribution >= 4 is 23.7 Å². The van der Waals surface area contributed by atoms with E-state index in [-0.39, 0.29) is 51.8 Å². The van der Waals surface area contributed by atoms with Crippen LogP contribution in [-0.4, -0.2) is 105 Å². The van der Waals surface area contributed by atoms with Gasteiger partial charge in [-0.2, -0.15) is 0 Å². The maximum Gasteiger partial charge on any atom is 0.338 e. The number of rotatable bonds is 28. The molecule has 16 nitrogen and oxygen atoms in total. The molecule has 17 heteroatoms. The van der Waals surface area contributed by atoms with Gasteiger partial charge in [-0.05, 0) is 57.6 Å². The Bertz CT molecular complexity index is 2990. The number of hydrogen-bond acceptors (Lipinski definition) is 15. The number of azide groups is 1. The van der Waals surface area contributed by atoms with Crippen molar-refractivity contribution in [1.29, 1.82) is 0 Å². The number of benzene rings is 7. The van der Waals surface area contributed by atoms with Crippen LogP contribution in [0.2, 0.25) is 0 Å². The summed E-state index contributed by atoms with van der Waals surface area (Å²) in [5, 5.41) is 4.35. The molecule has 0 amide bonds. The average Bonchev–Trinajstić information content (AvgIpc) is 3.54. The lowest BCUT2D eigenvalue weighted by atomic mass is 9.95. The standard InChI is InChI=1S/C64H65N3O13S/c1-70-62(69)59-58(57(75-41-49-31-17-6-18-32-49)60(78-61(68)50-33-19-7-20-34-50)64(80-59)81-52-35-21-8-22-36-52)79-63-54(66-67-65)56(74-40-48-29-15-5-16-30-48)55(53(77-63)44-72-38-46-25-11-3-12-26-46)76-43-51(73-39-47-27-13-4-14-28-47)42-71-37-45-23-9-2-10-24-45/h2-36,51,53-60,63-64H,37-44H2,1H3/t51-,53+,54+,55+,56+,57-,58-,59+,60+,63+,64-/m0/s1. The van der Waals surface area contributed by atoms with Crippen LogP contribution in [0.5, 0.6) is 0 Å². The van der Waals surface area contributed by atoms with Gasteiger partial charge < -0.3 is 52.1 Å². The number of carbonyl (C=O) groups excluding carboxylic acids is 2. The fourth-order valence-corrected chi connectivity index (χ4v) is 10.5. The quantitative estimate of drug-likeness (QED) is 0.0195. The van der Waals surface area contributed by atoms with E-state index >= 15 is 0 Å². The summed E-state index contributed by atoms with van der Waals surface area (Å²) in [6.45, 7) is 0.917. The molecule has 7 aromatic rings. The first kappa shape index (κ1) is 58.4. The molecule has 0 aromatic heterocycles. The Morgan fingerprint density at radius 1 is 0.543 bits per heavy atom. The fraction of sp³-hybridized carbons (Fsp3) is 0.312. The van der Waals surface area contributed by atoms with E-state index in [0.717, 1.165) is 32.7 Å². The van der Waals surface area contributed by atoms with Crippen LogP contribution in [0, 0.1) is 0 Å². The van der Waals surface area contributed by atoms with Crippen molar-refractivity contribution < 1.29 is 61.7 Å². The highest BCUT2D eigenvalue weighted by Gasteiger charge is 2.56. The lowest BCUT2D eigenvalue weighted by Crippen LogP contribution is -2.66. The predicted octanol–water partition coefficient (Wildman–Crippen LogP) is 11.3. The molecule has 9 rings (SSSR count). The molecule has 7 aromatic carbocycles. The van der Waals surface area contributed by atoms with E-state index in [0.29, 0.717) is 6.61 Å². The average molecular weight is 1120 g/mol. The van der Waals surface area contributed by atoms with Gasteiger partial charge in [0.1, 0.15) is 48.1 Å². The third kappa shape index (κ3) is 17.2. The summed E-state index contributed by atoms with van der Waals surface area (Å²) < 4.78 is 72.8. The zero-order chi connectivity index (χ0) is 55.9. The maximum atomic E-state index is 14.3. The molecule has 0 aliphatic carbocycles. The molecular formula is C64H65N3O13S. The molecule has 0 unspecified atom stereocenters. The van der Waals surface area contributed by atoms with Crippen molar-refractivity contribution in [3.05, 3.63) is 256 Å². The number of ether oxygens (including phenoxy) is 11. The van der Waals surface area contributed by atoms with Crippen LogP contribution in [0.3, 0.4) is 0 Å². The van der Waals surface area contributed by atoms with E-state index in [2.05, 4.69) is 10.0 Å². The summed E-state index contributed by atoms with van der Waals surface area (Å²) >= 11 is 1.24. The van der Waals surface area contributed by atoms with Gasteiger partial charge >= 0.3 is 11.9 Å². The molecule has 0 spiro atoms. The van der Waals surface area contributed by atoms with Crippen LogP contribution in [0.15, 0.2) is 222 Å². The molecule has 0 N–H and O–H groups in total. The van der Waals surface area contributed by atoms with Crippen LogP contribution in [0.4, 0.5) is 0 Å². The third-order valence-electron chi connectivity index (χ3n) is 13.4. The van der Waals surface area contributed by atoms with Gasteiger partial charge in [-0.25, -0.2) is 9.59 Å². The third-order valence-corrected chi connectivity index (χ3v) is 14.6. The number of hydrogen-bond donors (Lipinski definition) is 0. The minimum absolute atomic E-state index is 0.01000. The van der Waals surface area contributed by atoms with Crippen molar-refractivity contribution in [2.45, 2.75) is 105 Å². The topological polar surface area (TPSA) is 184 Å². The van der Waals surface area contributed by atoms with Gasteiger partial charge in [-0.15, -0.1) is 0 Å².